The number of rotatable bonds is 4. The molecule has 138 valence electrons. The van der Waals surface area contributed by atoms with Crippen LogP contribution in [-0.4, -0.2) is 71.9 Å². The van der Waals surface area contributed by atoms with E-state index >= 15 is 0 Å². The third-order valence-corrected chi connectivity index (χ3v) is 5.91. The minimum Gasteiger partial charge on any atom is -0.361 e. The zero-order chi connectivity index (χ0) is 18.4. The molecule has 1 aromatic rings. The zero-order valence-corrected chi connectivity index (χ0v) is 15.8. The van der Waals surface area contributed by atoms with Crippen molar-refractivity contribution in [3.8, 4) is 0 Å². The third kappa shape index (κ3) is 3.05. The second kappa shape index (κ2) is 6.44. The third-order valence-electron chi connectivity index (χ3n) is 5.91. The Bertz CT molecular complexity index is 664. The predicted molar refractivity (Wildman–Crippen MR) is 92.7 cm³/mol. The summed E-state index contributed by atoms with van der Waals surface area (Å²) in [5, 5.41) is 4.02. The molecule has 2 aliphatic heterocycles. The van der Waals surface area contributed by atoms with E-state index in [0.29, 0.717) is 6.54 Å². The molecule has 0 aromatic carbocycles. The maximum Gasteiger partial charge on any atom is 0.241 e. The molecule has 2 saturated heterocycles. The lowest BCUT2D eigenvalue weighted by Crippen LogP contribution is -2.43. The van der Waals surface area contributed by atoms with Gasteiger partial charge < -0.3 is 14.3 Å². The van der Waals surface area contributed by atoms with Crippen LogP contribution >= 0.6 is 0 Å². The number of nitrogens with zero attached hydrogens (tertiary/aromatic N) is 4. The van der Waals surface area contributed by atoms with Crippen LogP contribution in [0.25, 0.3) is 0 Å². The van der Waals surface area contributed by atoms with Gasteiger partial charge in [0.2, 0.25) is 11.8 Å². The largest absolute Gasteiger partial charge is 0.361 e. The summed E-state index contributed by atoms with van der Waals surface area (Å²) in [5.74, 6) is 1.24. The van der Waals surface area contributed by atoms with E-state index in [9.17, 15) is 9.59 Å². The Balaban J connectivity index is 1.71. The van der Waals surface area contributed by atoms with Crippen LogP contribution in [0.3, 0.4) is 0 Å². The fourth-order valence-corrected chi connectivity index (χ4v) is 4.17. The fourth-order valence-electron chi connectivity index (χ4n) is 4.17. The monoisotopic (exact) mass is 348 g/mol. The average molecular weight is 348 g/mol. The lowest BCUT2D eigenvalue weighted by molar-refractivity contribution is -0.142. The van der Waals surface area contributed by atoms with Crippen molar-refractivity contribution in [2.24, 2.45) is 11.3 Å². The van der Waals surface area contributed by atoms with Crippen LogP contribution < -0.4 is 0 Å². The van der Waals surface area contributed by atoms with Crippen molar-refractivity contribution in [2.75, 3.05) is 40.3 Å². The number of aryl methyl sites for hydroxylation is 2. The van der Waals surface area contributed by atoms with Crippen molar-refractivity contribution in [2.45, 2.75) is 33.7 Å². The molecule has 1 aromatic heterocycles. The predicted octanol–water partition coefficient (Wildman–Crippen LogP) is 1.05. The molecular formula is C18H28N4O3. The minimum atomic E-state index is -0.356. The summed E-state index contributed by atoms with van der Waals surface area (Å²) in [6.07, 6.45) is 0.825. The molecular weight excluding hydrogens is 320 g/mol. The number of hydrogen-bond donors (Lipinski definition) is 0. The molecule has 0 bridgehead atoms. The molecule has 0 unspecified atom stereocenters. The van der Waals surface area contributed by atoms with Crippen LogP contribution in [-0.2, 0) is 16.1 Å². The highest BCUT2D eigenvalue weighted by molar-refractivity contribution is 5.90. The number of likely N-dealkylation sites (N-methyl/N-ethyl adjacent to an activating group) is 1. The van der Waals surface area contributed by atoms with Crippen molar-refractivity contribution >= 4 is 11.8 Å². The Labute approximate surface area is 148 Å². The van der Waals surface area contributed by atoms with Gasteiger partial charge in [0.25, 0.3) is 0 Å². The second-order valence-corrected chi connectivity index (χ2v) is 7.79. The van der Waals surface area contributed by atoms with Gasteiger partial charge in [0.05, 0.1) is 17.7 Å². The summed E-state index contributed by atoms with van der Waals surface area (Å²) < 4.78 is 5.26. The van der Waals surface area contributed by atoms with Gasteiger partial charge in [0.1, 0.15) is 5.76 Å². The number of carbonyl (C=O) groups is 2. The van der Waals surface area contributed by atoms with E-state index < -0.39 is 0 Å². The smallest absolute Gasteiger partial charge is 0.241 e. The van der Waals surface area contributed by atoms with Gasteiger partial charge >= 0.3 is 0 Å². The molecule has 0 saturated carbocycles. The van der Waals surface area contributed by atoms with E-state index in [0.717, 1.165) is 43.1 Å². The van der Waals surface area contributed by atoms with Crippen molar-refractivity contribution in [1.29, 1.82) is 0 Å². The molecule has 0 radical (unpaired) electrons. The summed E-state index contributed by atoms with van der Waals surface area (Å²) in [4.78, 5) is 30.7. The molecule has 2 atom stereocenters. The summed E-state index contributed by atoms with van der Waals surface area (Å²) >= 11 is 0. The first-order valence-electron chi connectivity index (χ1n) is 8.88. The summed E-state index contributed by atoms with van der Waals surface area (Å²) in [7, 11) is 3.45. The van der Waals surface area contributed by atoms with E-state index in [1.165, 1.54) is 0 Å². The van der Waals surface area contributed by atoms with Crippen LogP contribution in [0.5, 0.6) is 0 Å². The quantitative estimate of drug-likeness (QED) is 0.813. The average Bonchev–Trinajstić information content (AvgIpc) is 3.15. The summed E-state index contributed by atoms with van der Waals surface area (Å²) in [5.41, 5.74) is 1.68. The lowest BCUT2D eigenvalue weighted by atomic mass is 9.78. The van der Waals surface area contributed by atoms with Crippen LogP contribution in [0.1, 0.15) is 30.4 Å². The minimum absolute atomic E-state index is 0.0244. The van der Waals surface area contributed by atoms with Crippen molar-refractivity contribution in [3.05, 3.63) is 17.0 Å². The van der Waals surface area contributed by atoms with E-state index in [4.69, 9.17) is 4.52 Å². The van der Waals surface area contributed by atoms with E-state index in [1.807, 2.05) is 13.8 Å². The maximum absolute atomic E-state index is 13.1. The molecule has 2 aliphatic rings. The Morgan fingerprint density at radius 3 is 2.72 bits per heavy atom. The molecule has 7 nitrogen and oxygen atoms in total. The zero-order valence-electron chi connectivity index (χ0n) is 15.8. The van der Waals surface area contributed by atoms with Gasteiger partial charge in [-0.1, -0.05) is 12.1 Å². The Morgan fingerprint density at radius 2 is 2.12 bits per heavy atom. The van der Waals surface area contributed by atoms with Gasteiger partial charge in [-0.05, 0) is 26.2 Å². The molecule has 2 fully saturated rings. The van der Waals surface area contributed by atoms with E-state index in [1.54, 1.807) is 23.9 Å². The highest BCUT2D eigenvalue weighted by atomic mass is 16.5. The van der Waals surface area contributed by atoms with Crippen LogP contribution in [0.15, 0.2) is 4.52 Å². The van der Waals surface area contributed by atoms with Crippen LogP contribution in [0, 0.1) is 25.2 Å². The SMILES string of the molecule is Cc1noc(C)c1CN1C[C@H](C)[C@]2(CCN(CC(=O)N(C)C)C2=O)C1. The van der Waals surface area contributed by atoms with Gasteiger partial charge in [-0.15, -0.1) is 0 Å². The van der Waals surface area contributed by atoms with Gasteiger partial charge in [0.15, 0.2) is 0 Å². The molecule has 0 N–H and O–H groups in total. The van der Waals surface area contributed by atoms with Gasteiger partial charge in [-0.3, -0.25) is 14.5 Å². The standard InChI is InChI=1S/C18H28N4O3/c1-12-8-21(9-15-13(2)19-25-14(15)3)11-18(12)6-7-22(17(18)24)10-16(23)20(4)5/h12H,6-11H2,1-5H3/t12-,18-/m0/s1. The first-order chi connectivity index (χ1) is 11.7. The molecule has 0 aliphatic carbocycles. The number of likely N-dealkylation sites (tertiary alicyclic amines) is 2. The highest BCUT2D eigenvalue weighted by Gasteiger charge is 2.55. The molecule has 1 spiro atoms. The van der Waals surface area contributed by atoms with E-state index in [-0.39, 0.29) is 29.7 Å². The second-order valence-electron chi connectivity index (χ2n) is 7.79. The van der Waals surface area contributed by atoms with Gasteiger partial charge in [0, 0.05) is 45.8 Å². The maximum atomic E-state index is 13.1. The van der Waals surface area contributed by atoms with Crippen LogP contribution in [0.4, 0.5) is 0 Å². The summed E-state index contributed by atoms with van der Waals surface area (Å²) in [6, 6.07) is 0. The van der Waals surface area contributed by atoms with Crippen molar-refractivity contribution < 1.29 is 14.1 Å². The number of aromatic nitrogens is 1. The molecule has 7 heteroatoms. The Kier molecular flexibility index (Phi) is 4.62. The van der Waals surface area contributed by atoms with Gasteiger partial charge in [-0.25, -0.2) is 0 Å². The van der Waals surface area contributed by atoms with Crippen molar-refractivity contribution in [1.82, 2.24) is 19.9 Å². The normalized spacial score (nSPS) is 26.8. The fraction of sp³-hybridized carbons (Fsp3) is 0.722. The summed E-state index contributed by atoms with van der Waals surface area (Å²) in [6.45, 7) is 9.27. The van der Waals surface area contributed by atoms with E-state index in [2.05, 4.69) is 17.0 Å². The Morgan fingerprint density at radius 1 is 1.40 bits per heavy atom. The highest BCUT2D eigenvalue weighted by Crippen LogP contribution is 2.45. The first kappa shape index (κ1) is 17.9. The number of hydrogen-bond acceptors (Lipinski definition) is 5. The van der Waals surface area contributed by atoms with Crippen LogP contribution in [0.2, 0.25) is 0 Å². The molecule has 2 amide bonds. The number of carbonyl (C=O) groups excluding carboxylic acids is 2. The molecule has 25 heavy (non-hydrogen) atoms. The number of amides is 2. The van der Waals surface area contributed by atoms with Crippen molar-refractivity contribution in [3.63, 3.8) is 0 Å². The first-order valence-corrected chi connectivity index (χ1v) is 8.88. The topological polar surface area (TPSA) is 69.9 Å². The lowest BCUT2D eigenvalue weighted by Gasteiger charge is -2.27. The van der Waals surface area contributed by atoms with Gasteiger partial charge in [-0.2, -0.15) is 0 Å². The molecule has 3 rings (SSSR count). The molecule has 3 heterocycles. The Hall–Kier alpha value is -1.89.